The van der Waals surface area contributed by atoms with Crippen molar-refractivity contribution in [2.24, 2.45) is 0 Å². The van der Waals surface area contributed by atoms with Crippen molar-refractivity contribution in [3.63, 3.8) is 0 Å². The summed E-state index contributed by atoms with van der Waals surface area (Å²) >= 11 is 6.04. The highest BCUT2D eigenvalue weighted by atomic mass is 35.5. The first-order valence-corrected chi connectivity index (χ1v) is 7.60. The molecule has 1 aliphatic rings. The van der Waals surface area contributed by atoms with Gasteiger partial charge in [-0.1, -0.05) is 17.7 Å². The fourth-order valence-electron chi connectivity index (χ4n) is 2.13. The van der Waals surface area contributed by atoms with E-state index in [9.17, 15) is 4.79 Å². The maximum atomic E-state index is 11.8. The lowest BCUT2D eigenvalue weighted by Gasteiger charge is -2.26. The van der Waals surface area contributed by atoms with Crippen LogP contribution >= 0.6 is 11.6 Å². The molecule has 1 heterocycles. The van der Waals surface area contributed by atoms with Crippen LogP contribution in [0.3, 0.4) is 0 Å². The Morgan fingerprint density at radius 1 is 1.38 bits per heavy atom. The summed E-state index contributed by atoms with van der Waals surface area (Å²) in [6, 6.07) is 5.68. The van der Waals surface area contributed by atoms with Gasteiger partial charge in [-0.05, 0) is 24.6 Å². The second-order valence-electron chi connectivity index (χ2n) is 5.12. The zero-order chi connectivity index (χ0) is 15.1. The molecule has 0 unspecified atom stereocenters. The molecule has 0 bridgehead atoms. The van der Waals surface area contributed by atoms with E-state index in [4.69, 9.17) is 16.3 Å². The molecule has 0 aromatic heterocycles. The van der Waals surface area contributed by atoms with E-state index in [0.29, 0.717) is 11.6 Å². The summed E-state index contributed by atoms with van der Waals surface area (Å²) < 4.78 is 5.28. The van der Waals surface area contributed by atoms with Crippen molar-refractivity contribution >= 4 is 23.2 Å². The summed E-state index contributed by atoms with van der Waals surface area (Å²) in [5.74, 6) is -0.0139. The number of rotatable bonds is 6. The third-order valence-electron chi connectivity index (χ3n) is 3.48. The lowest BCUT2D eigenvalue weighted by molar-refractivity contribution is -0.119. The maximum absolute atomic E-state index is 11.8. The Kier molecular flexibility index (Phi) is 6.29. The Morgan fingerprint density at radius 2 is 2.14 bits per heavy atom. The van der Waals surface area contributed by atoms with E-state index < -0.39 is 0 Å². The minimum atomic E-state index is -0.0139. The zero-order valence-corrected chi connectivity index (χ0v) is 13.1. The van der Waals surface area contributed by atoms with Crippen LogP contribution in [-0.2, 0) is 9.53 Å². The third kappa shape index (κ3) is 5.53. The van der Waals surface area contributed by atoms with Crippen LogP contribution in [0, 0.1) is 6.92 Å². The molecule has 116 valence electrons. The number of carbonyl (C=O) groups excluding carboxylic acids is 1. The zero-order valence-electron chi connectivity index (χ0n) is 12.3. The van der Waals surface area contributed by atoms with Crippen LogP contribution in [0.5, 0.6) is 0 Å². The van der Waals surface area contributed by atoms with Crippen molar-refractivity contribution in [2.45, 2.75) is 6.92 Å². The molecule has 0 saturated carbocycles. The summed E-state index contributed by atoms with van der Waals surface area (Å²) in [5.41, 5.74) is 1.88. The monoisotopic (exact) mass is 311 g/mol. The molecule has 0 aliphatic carbocycles. The minimum Gasteiger partial charge on any atom is -0.379 e. The fourth-order valence-corrected chi connectivity index (χ4v) is 2.31. The molecule has 1 saturated heterocycles. The largest absolute Gasteiger partial charge is 0.379 e. The number of hydrogen-bond acceptors (Lipinski definition) is 4. The molecule has 21 heavy (non-hydrogen) atoms. The maximum Gasteiger partial charge on any atom is 0.239 e. The van der Waals surface area contributed by atoms with Crippen LogP contribution in [-0.4, -0.2) is 56.7 Å². The lowest BCUT2D eigenvalue weighted by Crippen LogP contribution is -2.42. The molecule has 0 radical (unpaired) electrons. The number of halogens is 1. The quantitative estimate of drug-likeness (QED) is 0.836. The molecule has 1 aliphatic heterocycles. The number of carbonyl (C=O) groups is 1. The number of benzene rings is 1. The van der Waals surface area contributed by atoms with E-state index in [1.165, 1.54) is 0 Å². The Balaban J connectivity index is 1.63. The molecular weight excluding hydrogens is 290 g/mol. The van der Waals surface area contributed by atoms with Crippen molar-refractivity contribution in [3.05, 3.63) is 28.8 Å². The van der Waals surface area contributed by atoms with Gasteiger partial charge in [0.2, 0.25) is 5.91 Å². The highest BCUT2D eigenvalue weighted by molar-refractivity contribution is 6.31. The van der Waals surface area contributed by atoms with Gasteiger partial charge in [-0.2, -0.15) is 0 Å². The summed E-state index contributed by atoms with van der Waals surface area (Å²) in [5, 5.41) is 6.68. The average molecular weight is 312 g/mol. The summed E-state index contributed by atoms with van der Waals surface area (Å²) in [7, 11) is 0. The summed E-state index contributed by atoms with van der Waals surface area (Å²) in [6.07, 6.45) is 0. The van der Waals surface area contributed by atoms with Crippen LogP contribution in [0.25, 0.3) is 0 Å². The SMILES string of the molecule is Cc1ccc(NCC(=O)NCCN2CCOCC2)cc1Cl. The number of morpholine rings is 1. The fraction of sp³-hybridized carbons (Fsp3) is 0.533. The second-order valence-corrected chi connectivity index (χ2v) is 5.53. The third-order valence-corrected chi connectivity index (χ3v) is 3.89. The second kappa shape index (κ2) is 8.22. The normalized spacial score (nSPS) is 15.7. The van der Waals surface area contributed by atoms with E-state index in [1.807, 2.05) is 25.1 Å². The van der Waals surface area contributed by atoms with Gasteiger partial charge in [0.25, 0.3) is 0 Å². The lowest BCUT2D eigenvalue weighted by atomic mass is 10.2. The molecule has 1 aromatic carbocycles. The number of nitrogens with one attached hydrogen (secondary N) is 2. The Morgan fingerprint density at radius 3 is 2.86 bits per heavy atom. The van der Waals surface area contributed by atoms with Gasteiger partial charge in [0, 0.05) is 36.9 Å². The minimum absolute atomic E-state index is 0.0139. The standard InChI is InChI=1S/C15H22ClN3O2/c1-12-2-3-13(10-14(12)16)18-11-15(20)17-4-5-19-6-8-21-9-7-19/h2-3,10,18H,4-9,11H2,1H3,(H,17,20). The van der Waals surface area contributed by atoms with E-state index in [2.05, 4.69) is 15.5 Å². The summed E-state index contributed by atoms with van der Waals surface area (Å²) in [6.45, 7) is 7.17. The van der Waals surface area contributed by atoms with Crippen molar-refractivity contribution < 1.29 is 9.53 Å². The van der Waals surface area contributed by atoms with Crippen molar-refractivity contribution in [3.8, 4) is 0 Å². The number of ether oxygens (including phenoxy) is 1. The van der Waals surface area contributed by atoms with Gasteiger partial charge < -0.3 is 15.4 Å². The first-order chi connectivity index (χ1) is 10.1. The first kappa shape index (κ1) is 16.1. The number of amides is 1. The van der Waals surface area contributed by atoms with Crippen molar-refractivity contribution in [1.82, 2.24) is 10.2 Å². The average Bonchev–Trinajstić information content (AvgIpc) is 2.49. The van der Waals surface area contributed by atoms with Crippen LogP contribution in [0.1, 0.15) is 5.56 Å². The molecule has 1 fully saturated rings. The Labute approximate surface area is 130 Å². The van der Waals surface area contributed by atoms with Gasteiger partial charge in [0.15, 0.2) is 0 Å². The van der Waals surface area contributed by atoms with Gasteiger partial charge in [-0.15, -0.1) is 0 Å². The predicted molar refractivity (Wildman–Crippen MR) is 84.9 cm³/mol. The summed E-state index contributed by atoms with van der Waals surface area (Å²) in [4.78, 5) is 14.0. The number of anilines is 1. The van der Waals surface area contributed by atoms with Crippen LogP contribution < -0.4 is 10.6 Å². The van der Waals surface area contributed by atoms with E-state index in [1.54, 1.807) is 0 Å². The highest BCUT2D eigenvalue weighted by Crippen LogP contribution is 2.19. The van der Waals surface area contributed by atoms with Gasteiger partial charge in [0.05, 0.1) is 19.8 Å². The molecule has 0 atom stereocenters. The molecule has 5 nitrogen and oxygen atoms in total. The van der Waals surface area contributed by atoms with Gasteiger partial charge >= 0.3 is 0 Å². The number of aryl methyl sites for hydroxylation is 1. The molecule has 2 N–H and O–H groups in total. The van der Waals surface area contributed by atoms with Crippen LogP contribution in [0.2, 0.25) is 5.02 Å². The topological polar surface area (TPSA) is 53.6 Å². The van der Waals surface area contributed by atoms with Gasteiger partial charge in [-0.3, -0.25) is 9.69 Å². The van der Waals surface area contributed by atoms with E-state index in [0.717, 1.165) is 44.1 Å². The predicted octanol–water partition coefficient (Wildman–Crippen LogP) is 1.51. The molecular formula is C15H22ClN3O2. The Hall–Kier alpha value is -1.30. The van der Waals surface area contributed by atoms with E-state index in [-0.39, 0.29) is 12.5 Å². The Bertz CT molecular complexity index is 476. The molecule has 0 spiro atoms. The van der Waals surface area contributed by atoms with E-state index >= 15 is 0 Å². The smallest absolute Gasteiger partial charge is 0.239 e. The molecule has 1 aromatic rings. The van der Waals surface area contributed by atoms with Crippen LogP contribution in [0.15, 0.2) is 18.2 Å². The van der Waals surface area contributed by atoms with Crippen molar-refractivity contribution in [1.29, 1.82) is 0 Å². The number of hydrogen-bond donors (Lipinski definition) is 2. The molecule has 6 heteroatoms. The van der Waals surface area contributed by atoms with Gasteiger partial charge in [0.1, 0.15) is 0 Å². The van der Waals surface area contributed by atoms with Gasteiger partial charge in [-0.25, -0.2) is 0 Å². The van der Waals surface area contributed by atoms with Crippen molar-refractivity contribution in [2.75, 3.05) is 51.3 Å². The highest BCUT2D eigenvalue weighted by Gasteiger charge is 2.10. The number of nitrogens with zero attached hydrogens (tertiary/aromatic N) is 1. The molecule has 1 amide bonds. The van der Waals surface area contributed by atoms with Crippen LogP contribution in [0.4, 0.5) is 5.69 Å². The molecule has 2 rings (SSSR count). The first-order valence-electron chi connectivity index (χ1n) is 7.22.